The highest BCUT2D eigenvalue weighted by Crippen LogP contribution is 2.35. The van der Waals surface area contributed by atoms with E-state index < -0.39 is 16.6 Å². The number of benzene rings is 1. The maximum absolute atomic E-state index is 12.2. The van der Waals surface area contributed by atoms with E-state index in [2.05, 4.69) is 37.2 Å². The number of nitrogens with one attached hydrogen (secondary N) is 1. The monoisotopic (exact) mass is 783 g/mol. The second-order valence-electron chi connectivity index (χ2n) is 4.23. The van der Waals surface area contributed by atoms with E-state index in [-0.39, 0.29) is 17.0 Å². The third-order valence-electron chi connectivity index (χ3n) is 2.70. The Morgan fingerprint density at radius 1 is 1.00 bits per heavy atom. The van der Waals surface area contributed by atoms with Gasteiger partial charge in [-0.3, -0.25) is 14.4 Å². The van der Waals surface area contributed by atoms with E-state index in [0.29, 0.717) is 28.1 Å². The number of anilines is 1. The molecule has 0 aliphatic carbocycles. The first-order valence-electron chi connectivity index (χ1n) is 5.94. The average Bonchev–Trinajstić information content (AvgIpc) is 2.42. The van der Waals surface area contributed by atoms with Crippen LogP contribution in [0.3, 0.4) is 0 Å². The van der Waals surface area contributed by atoms with Gasteiger partial charge in [-0.1, -0.05) is 31.9 Å². The summed E-state index contributed by atoms with van der Waals surface area (Å²) in [5.41, 5.74) is 11.5. The van der Waals surface area contributed by atoms with Gasteiger partial charge in [-0.2, -0.15) is 0 Å². The van der Waals surface area contributed by atoms with Crippen LogP contribution in [-0.2, 0) is 4.79 Å². The van der Waals surface area contributed by atoms with Gasteiger partial charge in [-0.05, 0) is 74.2 Å². The third kappa shape index (κ3) is 5.13. The van der Waals surface area contributed by atoms with Crippen LogP contribution >= 0.6 is 99.6 Å². The Morgan fingerprint density at radius 3 is 1.78 bits per heavy atom. The molecule has 0 bridgehead atoms. The molecule has 1 aromatic carbocycles. The summed E-state index contributed by atoms with van der Waals surface area (Å²) in [4.78, 5) is 35.3. The van der Waals surface area contributed by atoms with Gasteiger partial charge in [0.1, 0.15) is 0 Å². The van der Waals surface area contributed by atoms with E-state index in [0.717, 1.165) is 0 Å². The molecule has 1 unspecified atom stereocenters. The third-order valence-corrected chi connectivity index (χ3v) is 7.27. The number of nitrogens with two attached hydrogens (primary N) is 2. The van der Waals surface area contributed by atoms with Crippen LogP contribution in [0.1, 0.15) is 27.1 Å². The number of primary amides is 2. The molecule has 0 spiro atoms. The molecule has 0 aliphatic rings. The van der Waals surface area contributed by atoms with Gasteiger partial charge < -0.3 is 16.8 Å². The summed E-state index contributed by atoms with van der Waals surface area (Å²) in [6.45, 7) is 0. The first kappa shape index (κ1) is 21.8. The van der Waals surface area contributed by atoms with E-state index in [1.54, 1.807) is 0 Å². The summed E-state index contributed by atoms with van der Waals surface area (Å²) in [5, 5.41) is 3.39. The summed E-state index contributed by atoms with van der Waals surface area (Å²) in [7, 11) is 0. The number of carbonyl (C=O) groups is 3. The molecule has 1 atom stereocenters. The zero-order valence-corrected chi connectivity index (χ0v) is 20.9. The molecule has 5 N–H and O–H groups in total. The molecule has 1 rings (SSSR count). The largest absolute Gasteiger partial charge is 0.366 e. The summed E-state index contributed by atoms with van der Waals surface area (Å²) in [5.74, 6) is -1.67. The maximum atomic E-state index is 12.2. The topological polar surface area (TPSA) is 115 Å². The Morgan fingerprint density at radius 2 is 1.43 bits per heavy atom. The molecule has 6 nitrogen and oxygen atoms in total. The van der Waals surface area contributed by atoms with Crippen molar-refractivity contribution in [1.29, 1.82) is 0 Å². The van der Waals surface area contributed by atoms with E-state index in [4.69, 9.17) is 11.5 Å². The fourth-order valence-electron chi connectivity index (χ4n) is 1.63. The summed E-state index contributed by atoms with van der Waals surface area (Å²) in [6.07, 6.45) is 0.578. The molecule has 0 aliphatic heterocycles. The fraction of sp³-hybridized carbons (Fsp3) is 0.250. The Bertz CT molecular complexity index is 644. The molecule has 0 saturated carbocycles. The van der Waals surface area contributed by atoms with Gasteiger partial charge >= 0.3 is 0 Å². The summed E-state index contributed by atoms with van der Waals surface area (Å²) in [6, 6.07) is 0. The van der Waals surface area contributed by atoms with Crippen molar-refractivity contribution < 1.29 is 14.4 Å². The van der Waals surface area contributed by atoms with Gasteiger partial charge in [0.2, 0.25) is 5.91 Å². The fourth-order valence-corrected chi connectivity index (χ4v) is 7.55. The highest BCUT2D eigenvalue weighted by molar-refractivity contribution is 14.1. The normalized spacial score (nSPS) is 11.9. The first-order chi connectivity index (χ1) is 10.6. The van der Waals surface area contributed by atoms with E-state index >= 15 is 0 Å². The average molecular weight is 785 g/mol. The van der Waals surface area contributed by atoms with Gasteiger partial charge in [-0.25, -0.2) is 0 Å². The molecule has 0 radical (unpaired) electrons. The first-order valence-corrected chi connectivity index (χ1v) is 11.2. The molecule has 0 fully saturated rings. The smallest absolute Gasteiger partial charge is 0.250 e. The van der Waals surface area contributed by atoms with Crippen LogP contribution < -0.4 is 16.8 Å². The highest BCUT2D eigenvalue weighted by atomic mass is 127. The Balaban J connectivity index is 3.51. The predicted molar refractivity (Wildman–Crippen MR) is 121 cm³/mol. The summed E-state index contributed by atoms with van der Waals surface area (Å²) >= 11 is 12.3. The summed E-state index contributed by atoms with van der Waals surface area (Å²) < 4.78 is 1.33. The van der Waals surface area contributed by atoms with Crippen molar-refractivity contribution in [2.45, 2.75) is 11.2 Å². The van der Waals surface area contributed by atoms with Gasteiger partial charge in [0.25, 0.3) is 11.8 Å². The van der Waals surface area contributed by atoms with Crippen molar-refractivity contribution in [3.8, 4) is 0 Å². The second kappa shape index (κ2) is 9.47. The minimum Gasteiger partial charge on any atom is -0.366 e. The van der Waals surface area contributed by atoms with Crippen molar-refractivity contribution in [3.63, 3.8) is 0 Å². The number of hydrogen-bond acceptors (Lipinski definition) is 3. The molecule has 1 aromatic rings. The van der Waals surface area contributed by atoms with E-state index in [1.165, 1.54) is 0 Å². The van der Waals surface area contributed by atoms with Crippen LogP contribution in [0.4, 0.5) is 5.69 Å². The molecule has 126 valence electrons. The zero-order chi connectivity index (χ0) is 17.9. The number of carbonyl (C=O) groups excluding carboxylic acids is 3. The lowest BCUT2D eigenvalue weighted by Gasteiger charge is -2.18. The van der Waals surface area contributed by atoms with Crippen molar-refractivity contribution >= 4 is 123 Å². The van der Waals surface area contributed by atoms with Crippen molar-refractivity contribution in [2.75, 3.05) is 10.6 Å². The molecule has 0 heterocycles. The van der Waals surface area contributed by atoms with Crippen molar-refractivity contribution in [1.82, 2.24) is 0 Å². The molecular weight excluding hydrogens is 775 g/mol. The number of halogens is 5. The van der Waals surface area contributed by atoms with Crippen LogP contribution in [-0.4, -0.2) is 27.9 Å². The SMILES string of the molecule is NC(=O)c1c(I)c(NC(=O)C(Br)CCBr)c(I)c(C(N)=O)c1I. The number of amides is 3. The van der Waals surface area contributed by atoms with Gasteiger partial charge in [-0.15, -0.1) is 0 Å². The lowest BCUT2D eigenvalue weighted by atomic mass is 10.1. The highest BCUT2D eigenvalue weighted by Gasteiger charge is 2.27. The van der Waals surface area contributed by atoms with E-state index in [1.807, 2.05) is 67.8 Å². The van der Waals surface area contributed by atoms with Gasteiger partial charge in [0.05, 0.1) is 28.8 Å². The second-order valence-corrected chi connectivity index (χ2v) is 9.36. The van der Waals surface area contributed by atoms with Crippen LogP contribution in [0.25, 0.3) is 0 Å². The number of rotatable bonds is 6. The van der Waals surface area contributed by atoms with Crippen LogP contribution in [0.15, 0.2) is 0 Å². The minimum absolute atomic E-state index is 0.169. The Hall–Kier alpha value is 0.780. The van der Waals surface area contributed by atoms with Gasteiger partial charge in [0.15, 0.2) is 0 Å². The predicted octanol–water partition coefficient (Wildman–Crippen LogP) is 3.19. The Kier molecular flexibility index (Phi) is 8.98. The molecule has 0 saturated heterocycles. The van der Waals surface area contributed by atoms with Gasteiger partial charge in [0, 0.05) is 8.90 Å². The molecule has 3 amide bonds. The number of alkyl halides is 2. The molecule has 0 aromatic heterocycles. The standard InChI is InChI=1S/C12H10Br2I3N3O3/c13-2-1-3(14)12(23)20-9-7(16)4(10(18)21)6(15)5(8(9)17)11(19)22/h3H,1-2H2,(H2,18,21)(H2,19,22)(H,20,23). The minimum atomic E-state index is -0.691. The number of hydrogen-bond donors (Lipinski definition) is 3. The van der Waals surface area contributed by atoms with Crippen LogP contribution in [0.5, 0.6) is 0 Å². The van der Waals surface area contributed by atoms with E-state index in [9.17, 15) is 14.4 Å². The zero-order valence-electron chi connectivity index (χ0n) is 11.3. The lowest BCUT2D eigenvalue weighted by Crippen LogP contribution is -2.27. The molecule has 11 heteroatoms. The molecular formula is C12H10Br2I3N3O3. The van der Waals surface area contributed by atoms with Crippen LogP contribution in [0.2, 0.25) is 0 Å². The van der Waals surface area contributed by atoms with Crippen molar-refractivity contribution in [2.24, 2.45) is 11.5 Å². The Labute approximate surface area is 190 Å². The lowest BCUT2D eigenvalue weighted by molar-refractivity contribution is -0.115. The maximum Gasteiger partial charge on any atom is 0.250 e. The molecule has 23 heavy (non-hydrogen) atoms. The quantitative estimate of drug-likeness (QED) is 0.305. The van der Waals surface area contributed by atoms with Crippen molar-refractivity contribution in [3.05, 3.63) is 21.8 Å². The van der Waals surface area contributed by atoms with Crippen LogP contribution in [0, 0.1) is 10.7 Å².